The minimum Gasteiger partial charge on any atom is -0.318 e. The van der Waals surface area contributed by atoms with Crippen molar-refractivity contribution in [1.29, 1.82) is 0 Å². The number of urea groups is 1. The molecule has 0 saturated carbocycles. The molecule has 0 bridgehead atoms. The minimum atomic E-state index is -0.376. The Kier molecular flexibility index (Phi) is 5.87. The van der Waals surface area contributed by atoms with E-state index >= 15 is 0 Å². The number of aromatic nitrogens is 1. The molecule has 5 nitrogen and oxygen atoms in total. The van der Waals surface area contributed by atoms with E-state index < -0.39 is 0 Å². The maximum absolute atomic E-state index is 12.0. The lowest BCUT2D eigenvalue weighted by Crippen LogP contribution is -2.24. The van der Waals surface area contributed by atoms with Gasteiger partial charge in [0.15, 0.2) is 0 Å². The summed E-state index contributed by atoms with van der Waals surface area (Å²) in [4.78, 5) is 12.0. The Morgan fingerprint density at radius 1 is 1.00 bits per heavy atom. The molecule has 3 rings (SSSR count). The van der Waals surface area contributed by atoms with E-state index in [1.165, 1.54) is 5.56 Å². The summed E-state index contributed by atoms with van der Waals surface area (Å²) in [6, 6.07) is 19.6. The number of hydrogen-bond acceptors (Lipinski definition) is 2. The summed E-state index contributed by atoms with van der Waals surface area (Å²) in [6.07, 6.45) is 1.67. The van der Waals surface area contributed by atoms with E-state index in [-0.39, 0.29) is 11.4 Å². The summed E-state index contributed by atoms with van der Waals surface area (Å²) in [7, 11) is 0. The Morgan fingerprint density at radius 3 is 2.28 bits per heavy atom. The maximum atomic E-state index is 12.0. The Balaban J connectivity index is 1.72. The molecular formula is C24H28N4O. The summed E-state index contributed by atoms with van der Waals surface area (Å²) in [5.41, 5.74) is 8.92. The van der Waals surface area contributed by atoms with Gasteiger partial charge in [-0.2, -0.15) is 5.10 Å². The number of nitrogens with one attached hydrogen (secondary N) is 2. The van der Waals surface area contributed by atoms with Crippen LogP contribution >= 0.6 is 0 Å². The van der Waals surface area contributed by atoms with E-state index in [4.69, 9.17) is 0 Å². The van der Waals surface area contributed by atoms with Crippen LogP contribution in [0.3, 0.4) is 0 Å². The average Bonchev–Trinajstić information content (AvgIpc) is 2.95. The Labute approximate surface area is 172 Å². The lowest BCUT2D eigenvalue weighted by molar-refractivity contribution is 0.252. The molecule has 29 heavy (non-hydrogen) atoms. The molecule has 0 aliphatic rings. The second-order valence-electron chi connectivity index (χ2n) is 8.15. The third-order valence-corrected chi connectivity index (χ3v) is 4.86. The van der Waals surface area contributed by atoms with Crippen LogP contribution in [-0.2, 0) is 5.41 Å². The number of rotatable bonds is 4. The number of hydrazone groups is 1. The van der Waals surface area contributed by atoms with Gasteiger partial charge in [0, 0.05) is 28.3 Å². The summed E-state index contributed by atoms with van der Waals surface area (Å²) in [5, 5.41) is 6.83. The molecule has 150 valence electrons. The number of carbonyl (C=O) groups excluding carboxylic acids is 1. The molecule has 5 heteroatoms. The average molecular weight is 389 g/mol. The second-order valence-corrected chi connectivity index (χ2v) is 8.15. The van der Waals surface area contributed by atoms with Gasteiger partial charge in [0.2, 0.25) is 0 Å². The highest BCUT2D eigenvalue weighted by molar-refractivity contribution is 5.90. The second kappa shape index (κ2) is 8.35. The number of para-hydroxylation sites is 1. The number of hydrogen-bond donors (Lipinski definition) is 2. The van der Waals surface area contributed by atoms with Crippen molar-refractivity contribution in [2.24, 2.45) is 5.10 Å². The number of carbonyl (C=O) groups is 1. The van der Waals surface area contributed by atoms with Gasteiger partial charge in [0.25, 0.3) is 0 Å². The van der Waals surface area contributed by atoms with Crippen LogP contribution < -0.4 is 10.7 Å². The van der Waals surface area contributed by atoms with E-state index in [9.17, 15) is 4.79 Å². The fourth-order valence-corrected chi connectivity index (χ4v) is 3.27. The van der Waals surface area contributed by atoms with Gasteiger partial charge in [-0.25, -0.2) is 10.2 Å². The summed E-state index contributed by atoms with van der Waals surface area (Å²) in [5.74, 6) is 0. The Bertz CT molecular complexity index is 1010. The largest absolute Gasteiger partial charge is 0.339 e. The first-order chi connectivity index (χ1) is 13.8. The highest BCUT2D eigenvalue weighted by Crippen LogP contribution is 2.25. The number of nitrogens with zero attached hydrogens (tertiary/aromatic N) is 2. The van der Waals surface area contributed by atoms with Crippen molar-refractivity contribution < 1.29 is 4.79 Å². The molecular weight excluding hydrogens is 360 g/mol. The standard InChI is InChI=1S/C24H28N4O/c1-17-15-19(16-25-27-23(29)26-21-9-7-6-8-10-21)18(2)28(17)22-13-11-20(12-14-22)24(3,4)5/h6-16H,1-5H3,(H2,26,27,29)/b25-16+. The minimum absolute atomic E-state index is 0.128. The molecule has 0 saturated heterocycles. The molecule has 2 aromatic carbocycles. The molecule has 0 unspecified atom stereocenters. The molecule has 0 spiro atoms. The van der Waals surface area contributed by atoms with Crippen molar-refractivity contribution in [1.82, 2.24) is 9.99 Å². The van der Waals surface area contributed by atoms with E-state index in [1.807, 2.05) is 30.3 Å². The fourth-order valence-electron chi connectivity index (χ4n) is 3.27. The fraction of sp³-hybridized carbons (Fsp3) is 0.250. The van der Waals surface area contributed by atoms with E-state index in [2.05, 4.69) is 85.4 Å². The monoisotopic (exact) mass is 388 g/mol. The van der Waals surface area contributed by atoms with Crippen molar-refractivity contribution in [3.63, 3.8) is 0 Å². The summed E-state index contributed by atoms with van der Waals surface area (Å²) < 4.78 is 2.19. The third kappa shape index (κ3) is 4.93. The maximum Gasteiger partial charge on any atom is 0.339 e. The number of anilines is 1. The SMILES string of the molecule is Cc1cc(/C=N/NC(=O)Nc2ccccc2)c(C)n1-c1ccc(C(C)(C)C)cc1. The molecule has 1 heterocycles. The normalized spacial score (nSPS) is 11.6. The van der Waals surface area contributed by atoms with Crippen LogP contribution in [0.4, 0.5) is 10.5 Å². The lowest BCUT2D eigenvalue weighted by atomic mass is 9.87. The van der Waals surface area contributed by atoms with Gasteiger partial charge in [0.1, 0.15) is 0 Å². The van der Waals surface area contributed by atoms with Gasteiger partial charge in [-0.05, 0) is 55.2 Å². The molecule has 0 aliphatic heterocycles. The molecule has 0 radical (unpaired) electrons. The Hall–Kier alpha value is -3.34. The molecule has 2 amide bonds. The van der Waals surface area contributed by atoms with Crippen LogP contribution in [0.2, 0.25) is 0 Å². The van der Waals surface area contributed by atoms with Crippen LogP contribution in [0.1, 0.15) is 43.3 Å². The van der Waals surface area contributed by atoms with Crippen molar-refractivity contribution in [2.45, 2.75) is 40.0 Å². The number of benzene rings is 2. The molecule has 0 atom stereocenters. The predicted octanol–water partition coefficient (Wildman–Crippen LogP) is 5.55. The van der Waals surface area contributed by atoms with Crippen molar-refractivity contribution in [3.8, 4) is 5.69 Å². The zero-order valence-electron chi connectivity index (χ0n) is 17.7. The first-order valence-electron chi connectivity index (χ1n) is 9.70. The first kappa shape index (κ1) is 20.4. The van der Waals surface area contributed by atoms with Gasteiger partial charge in [0.05, 0.1) is 6.21 Å². The van der Waals surface area contributed by atoms with Gasteiger partial charge in [-0.1, -0.05) is 51.1 Å². The topological polar surface area (TPSA) is 58.4 Å². The van der Waals surface area contributed by atoms with Crippen molar-refractivity contribution in [2.75, 3.05) is 5.32 Å². The summed E-state index contributed by atoms with van der Waals surface area (Å²) >= 11 is 0. The summed E-state index contributed by atoms with van der Waals surface area (Å²) in [6.45, 7) is 10.8. The zero-order valence-corrected chi connectivity index (χ0v) is 17.7. The van der Waals surface area contributed by atoms with Crippen LogP contribution in [-0.4, -0.2) is 16.8 Å². The molecule has 0 aliphatic carbocycles. The van der Waals surface area contributed by atoms with E-state index in [0.717, 1.165) is 28.3 Å². The van der Waals surface area contributed by atoms with E-state index in [1.54, 1.807) is 6.21 Å². The number of aryl methyl sites for hydroxylation is 1. The van der Waals surface area contributed by atoms with Crippen molar-refractivity contribution in [3.05, 3.63) is 83.2 Å². The third-order valence-electron chi connectivity index (χ3n) is 4.86. The first-order valence-corrected chi connectivity index (χ1v) is 9.70. The van der Waals surface area contributed by atoms with Crippen LogP contribution in [0, 0.1) is 13.8 Å². The molecule has 3 aromatic rings. The predicted molar refractivity (Wildman–Crippen MR) is 120 cm³/mol. The molecule has 0 fully saturated rings. The van der Waals surface area contributed by atoms with Gasteiger partial charge >= 0.3 is 6.03 Å². The quantitative estimate of drug-likeness (QED) is 0.447. The van der Waals surface area contributed by atoms with Crippen LogP contribution in [0.5, 0.6) is 0 Å². The molecule has 2 N–H and O–H groups in total. The number of amides is 2. The zero-order chi connectivity index (χ0) is 21.0. The van der Waals surface area contributed by atoms with E-state index in [0.29, 0.717) is 0 Å². The highest BCUT2D eigenvalue weighted by Gasteiger charge is 2.14. The van der Waals surface area contributed by atoms with Crippen LogP contribution in [0.25, 0.3) is 5.69 Å². The van der Waals surface area contributed by atoms with Crippen LogP contribution in [0.15, 0.2) is 65.8 Å². The lowest BCUT2D eigenvalue weighted by Gasteiger charge is -2.20. The van der Waals surface area contributed by atoms with Gasteiger partial charge in [-0.15, -0.1) is 0 Å². The van der Waals surface area contributed by atoms with Gasteiger partial charge < -0.3 is 9.88 Å². The molecule has 1 aromatic heterocycles. The smallest absolute Gasteiger partial charge is 0.318 e. The Morgan fingerprint density at radius 2 is 1.66 bits per heavy atom. The highest BCUT2D eigenvalue weighted by atomic mass is 16.2. The van der Waals surface area contributed by atoms with Gasteiger partial charge in [-0.3, -0.25) is 0 Å². The van der Waals surface area contributed by atoms with Crippen molar-refractivity contribution >= 4 is 17.9 Å².